The third kappa shape index (κ3) is 7.74. The third-order valence-corrected chi connectivity index (χ3v) is 1.60. The number of ether oxygens (including phenoxy) is 1. The predicted octanol–water partition coefficient (Wildman–Crippen LogP) is 0.267. The van der Waals surface area contributed by atoms with E-state index in [0.29, 0.717) is 13.2 Å². The van der Waals surface area contributed by atoms with Crippen molar-refractivity contribution in [2.24, 2.45) is 5.73 Å². The zero-order chi connectivity index (χ0) is 10.1. The monoisotopic (exact) mass is 188 g/mol. The van der Waals surface area contributed by atoms with Gasteiger partial charge in [-0.1, -0.05) is 13.3 Å². The molecule has 1 atom stereocenters. The lowest BCUT2D eigenvalue weighted by atomic mass is 10.3. The molecule has 13 heavy (non-hydrogen) atoms. The van der Waals surface area contributed by atoms with Crippen LogP contribution in [-0.4, -0.2) is 31.7 Å². The zero-order valence-electron chi connectivity index (χ0n) is 8.51. The molecule has 4 heteroatoms. The van der Waals surface area contributed by atoms with Gasteiger partial charge in [-0.2, -0.15) is 0 Å². The first-order valence-corrected chi connectivity index (χ1v) is 4.79. The lowest BCUT2D eigenvalue weighted by Gasteiger charge is -2.07. The van der Waals surface area contributed by atoms with Crippen molar-refractivity contribution in [3.8, 4) is 0 Å². The molecule has 0 saturated carbocycles. The average Bonchev–Trinajstić information content (AvgIpc) is 2.10. The molecule has 0 heterocycles. The van der Waals surface area contributed by atoms with Crippen molar-refractivity contribution in [2.75, 3.05) is 19.8 Å². The Morgan fingerprint density at radius 2 is 2.23 bits per heavy atom. The predicted molar refractivity (Wildman–Crippen MR) is 52.4 cm³/mol. The molecule has 0 aliphatic rings. The molecule has 1 amide bonds. The Hall–Kier alpha value is -0.610. The summed E-state index contributed by atoms with van der Waals surface area (Å²) in [6.45, 7) is 5.65. The smallest absolute Gasteiger partial charge is 0.236 e. The molecule has 4 nitrogen and oxygen atoms in total. The van der Waals surface area contributed by atoms with Crippen LogP contribution in [0, 0.1) is 0 Å². The summed E-state index contributed by atoms with van der Waals surface area (Å²) in [6.07, 6.45) is 2.20. The van der Waals surface area contributed by atoms with Crippen LogP contribution in [0.2, 0.25) is 0 Å². The van der Waals surface area contributed by atoms with Gasteiger partial charge in [0.15, 0.2) is 0 Å². The molecule has 0 radical (unpaired) electrons. The molecule has 0 bridgehead atoms. The van der Waals surface area contributed by atoms with E-state index in [1.54, 1.807) is 6.92 Å². The Balaban J connectivity index is 3.12. The summed E-state index contributed by atoms with van der Waals surface area (Å²) in [5, 5.41) is 2.67. The SMILES string of the molecule is CCCCOCCNC(=O)[C@@H](C)N. The van der Waals surface area contributed by atoms with Crippen LogP contribution in [0.15, 0.2) is 0 Å². The lowest BCUT2D eigenvalue weighted by molar-refractivity contribution is -0.122. The normalized spacial score (nSPS) is 12.5. The second-order valence-electron chi connectivity index (χ2n) is 3.05. The van der Waals surface area contributed by atoms with Gasteiger partial charge in [0.1, 0.15) is 0 Å². The quantitative estimate of drug-likeness (QED) is 0.563. The van der Waals surface area contributed by atoms with E-state index < -0.39 is 6.04 Å². The van der Waals surface area contributed by atoms with E-state index in [1.165, 1.54) is 0 Å². The topological polar surface area (TPSA) is 64.3 Å². The fraction of sp³-hybridized carbons (Fsp3) is 0.889. The highest BCUT2D eigenvalue weighted by Gasteiger charge is 2.04. The summed E-state index contributed by atoms with van der Waals surface area (Å²) in [5.74, 6) is -0.126. The summed E-state index contributed by atoms with van der Waals surface area (Å²) >= 11 is 0. The minimum Gasteiger partial charge on any atom is -0.380 e. The van der Waals surface area contributed by atoms with Crippen molar-refractivity contribution in [1.82, 2.24) is 5.32 Å². The maximum atomic E-state index is 10.9. The second-order valence-corrected chi connectivity index (χ2v) is 3.05. The Morgan fingerprint density at radius 3 is 2.77 bits per heavy atom. The maximum absolute atomic E-state index is 10.9. The van der Waals surface area contributed by atoms with E-state index in [2.05, 4.69) is 12.2 Å². The molecule has 0 saturated heterocycles. The van der Waals surface area contributed by atoms with Gasteiger partial charge in [0.2, 0.25) is 5.91 Å². The van der Waals surface area contributed by atoms with Crippen LogP contribution in [0.1, 0.15) is 26.7 Å². The summed E-state index contributed by atoms with van der Waals surface area (Å²) in [6, 6.07) is -0.435. The Kier molecular flexibility index (Phi) is 7.63. The lowest BCUT2D eigenvalue weighted by Crippen LogP contribution is -2.39. The fourth-order valence-electron chi connectivity index (χ4n) is 0.756. The molecule has 0 aromatic rings. The first kappa shape index (κ1) is 12.4. The molecular formula is C9H20N2O2. The molecule has 0 aliphatic carbocycles. The van der Waals surface area contributed by atoms with Crippen LogP contribution in [0.4, 0.5) is 0 Å². The molecular weight excluding hydrogens is 168 g/mol. The largest absolute Gasteiger partial charge is 0.380 e. The highest BCUT2D eigenvalue weighted by molar-refractivity contribution is 5.80. The van der Waals surface area contributed by atoms with Gasteiger partial charge in [-0.15, -0.1) is 0 Å². The summed E-state index contributed by atoms with van der Waals surface area (Å²) in [7, 11) is 0. The van der Waals surface area contributed by atoms with Crippen LogP contribution in [0.25, 0.3) is 0 Å². The van der Waals surface area contributed by atoms with Crippen LogP contribution in [0.3, 0.4) is 0 Å². The molecule has 78 valence electrons. The molecule has 0 rings (SSSR count). The zero-order valence-corrected chi connectivity index (χ0v) is 8.51. The van der Waals surface area contributed by atoms with Crippen molar-refractivity contribution in [1.29, 1.82) is 0 Å². The number of hydrogen-bond acceptors (Lipinski definition) is 3. The highest BCUT2D eigenvalue weighted by atomic mass is 16.5. The molecule has 0 aliphatic heterocycles. The van der Waals surface area contributed by atoms with Crippen molar-refractivity contribution in [3.05, 3.63) is 0 Å². The minimum absolute atomic E-state index is 0.126. The number of hydrogen-bond donors (Lipinski definition) is 2. The van der Waals surface area contributed by atoms with E-state index in [-0.39, 0.29) is 5.91 Å². The molecule has 3 N–H and O–H groups in total. The van der Waals surface area contributed by atoms with Crippen molar-refractivity contribution in [2.45, 2.75) is 32.7 Å². The standard InChI is InChI=1S/C9H20N2O2/c1-3-4-6-13-7-5-11-9(12)8(2)10/h8H,3-7,10H2,1-2H3,(H,11,12)/t8-/m1/s1. The molecule has 0 fully saturated rings. The number of nitrogens with two attached hydrogens (primary N) is 1. The van der Waals surface area contributed by atoms with E-state index in [4.69, 9.17) is 10.5 Å². The molecule has 0 spiro atoms. The van der Waals surface area contributed by atoms with Gasteiger partial charge in [-0.25, -0.2) is 0 Å². The Bertz CT molecular complexity index is 138. The molecule has 0 unspecified atom stereocenters. The first-order chi connectivity index (χ1) is 6.18. The number of rotatable bonds is 7. The van der Waals surface area contributed by atoms with Gasteiger partial charge in [0.05, 0.1) is 12.6 Å². The number of carbonyl (C=O) groups excluding carboxylic acids is 1. The fourth-order valence-corrected chi connectivity index (χ4v) is 0.756. The number of amides is 1. The van der Waals surface area contributed by atoms with Crippen molar-refractivity contribution >= 4 is 5.91 Å². The number of unbranched alkanes of at least 4 members (excludes halogenated alkanes) is 1. The van der Waals surface area contributed by atoms with Crippen LogP contribution in [-0.2, 0) is 9.53 Å². The van der Waals surface area contributed by atoms with Crippen molar-refractivity contribution < 1.29 is 9.53 Å². The van der Waals surface area contributed by atoms with Crippen LogP contribution >= 0.6 is 0 Å². The van der Waals surface area contributed by atoms with Crippen molar-refractivity contribution in [3.63, 3.8) is 0 Å². The minimum atomic E-state index is -0.435. The maximum Gasteiger partial charge on any atom is 0.236 e. The van der Waals surface area contributed by atoms with E-state index in [0.717, 1.165) is 19.4 Å². The summed E-state index contributed by atoms with van der Waals surface area (Å²) < 4.78 is 5.25. The summed E-state index contributed by atoms with van der Waals surface area (Å²) in [5.41, 5.74) is 5.35. The van der Waals surface area contributed by atoms with Gasteiger partial charge in [-0.05, 0) is 13.3 Å². The van der Waals surface area contributed by atoms with Gasteiger partial charge in [0.25, 0.3) is 0 Å². The van der Waals surface area contributed by atoms with Gasteiger partial charge in [-0.3, -0.25) is 4.79 Å². The van der Waals surface area contributed by atoms with E-state index in [9.17, 15) is 4.79 Å². The van der Waals surface area contributed by atoms with Crippen LogP contribution in [0.5, 0.6) is 0 Å². The summed E-state index contributed by atoms with van der Waals surface area (Å²) in [4.78, 5) is 10.9. The average molecular weight is 188 g/mol. The highest BCUT2D eigenvalue weighted by Crippen LogP contribution is 1.86. The van der Waals surface area contributed by atoms with Gasteiger partial charge < -0.3 is 15.8 Å². The number of nitrogens with one attached hydrogen (secondary N) is 1. The molecule has 0 aromatic heterocycles. The first-order valence-electron chi connectivity index (χ1n) is 4.79. The van der Waals surface area contributed by atoms with Gasteiger partial charge >= 0.3 is 0 Å². The van der Waals surface area contributed by atoms with E-state index >= 15 is 0 Å². The van der Waals surface area contributed by atoms with Gasteiger partial charge in [0, 0.05) is 13.2 Å². The Morgan fingerprint density at radius 1 is 1.54 bits per heavy atom. The number of carbonyl (C=O) groups is 1. The van der Waals surface area contributed by atoms with Crippen LogP contribution < -0.4 is 11.1 Å². The molecule has 0 aromatic carbocycles. The van der Waals surface area contributed by atoms with E-state index in [1.807, 2.05) is 0 Å². The Labute approximate surface area is 79.8 Å². The third-order valence-electron chi connectivity index (χ3n) is 1.60. The second kappa shape index (κ2) is 8.01.